The van der Waals surface area contributed by atoms with E-state index in [9.17, 15) is 18.3 Å². The van der Waals surface area contributed by atoms with E-state index >= 15 is 0 Å². The summed E-state index contributed by atoms with van der Waals surface area (Å²) in [6, 6.07) is 4.23. The van der Waals surface area contributed by atoms with Crippen LogP contribution in [0, 0.1) is 0 Å². The third-order valence-electron chi connectivity index (χ3n) is 4.69. The third kappa shape index (κ3) is 2.63. The van der Waals surface area contributed by atoms with Crippen LogP contribution >= 0.6 is 0 Å². The van der Waals surface area contributed by atoms with Crippen molar-refractivity contribution in [2.75, 3.05) is 5.32 Å². The van der Waals surface area contributed by atoms with Gasteiger partial charge in [0.05, 0.1) is 16.2 Å². The van der Waals surface area contributed by atoms with Gasteiger partial charge >= 0.3 is 0 Å². The van der Waals surface area contributed by atoms with Gasteiger partial charge in [-0.1, -0.05) is 0 Å². The second kappa shape index (κ2) is 5.47. The van der Waals surface area contributed by atoms with Gasteiger partial charge in [0.1, 0.15) is 5.75 Å². The van der Waals surface area contributed by atoms with E-state index < -0.39 is 10.0 Å². The van der Waals surface area contributed by atoms with Gasteiger partial charge in [0.25, 0.3) is 5.91 Å². The van der Waals surface area contributed by atoms with Crippen LogP contribution in [-0.4, -0.2) is 24.4 Å². The molecule has 0 saturated heterocycles. The van der Waals surface area contributed by atoms with Gasteiger partial charge in [0.15, 0.2) is 0 Å². The molecule has 2 aliphatic rings. The van der Waals surface area contributed by atoms with Gasteiger partial charge < -0.3 is 15.4 Å². The maximum atomic E-state index is 12.3. The van der Waals surface area contributed by atoms with Crippen LogP contribution in [0.25, 0.3) is 11.6 Å². The van der Waals surface area contributed by atoms with Crippen molar-refractivity contribution >= 4 is 33.3 Å². The van der Waals surface area contributed by atoms with Gasteiger partial charge in [-0.15, -0.1) is 0 Å². The second-order valence-electron chi connectivity index (χ2n) is 6.32. The van der Waals surface area contributed by atoms with Crippen LogP contribution in [-0.2, 0) is 27.7 Å². The molecule has 1 aromatic heterocycles. The van der Waals surface area contributed by atoms with E-state index in [0.29, 0.717) is 16.9 Å². The molecule has 7 nitrogen and oxygen atoms in total. The maximum Gasteiger partial charge on any atom is 0.256 e. The monoisotopic (exact) mass is 359 g/mol. The van der Waals surface area contributed by atoms with Gasteiger partial charge in [-0.05, 0) is 50.0 Å². The number of rotatable bonds is 2. The van der Waals surface area contributed by atoms with Gasteiger partial charge in [0.2, 0.25) is 10.0 Å². The molecule has 2 heterocycles. The molecule has 0 unspecified atom stereocenters. The second-order valence-corrected chi connectivity index (χ2v) is 7.88. The topological polar surface area (TPSA) is 125 Å². The zero-order valence-electron chi connectivity index (χ0n) is 13.3. The molecule has 0 atom stereocenters. The summed E-state index contributed by atoms with van der Waals surface area (Å²) in [5.74, 6) is -0.195. The van der Waals surface area contributed by atoms with Gasteiger partial charge in [-0.2, -0.15) is 0 Å². The van der Waals surface area contributed by atoms with Crippen molar-refractivity contribution in [3.05, 3.63) is 40.7 Å². The lowest BCUT2D eigenvalue weighted by atomic mass is 9.97. The number of fused-ring (bicyclic) bond motifs is 2. The number of benzene rings is 1. The van der Waals surface area contributed by atoms with E-state index in [2.05, 4.69) is 10.3 Å². The number of H-pyrrole nitrogens is 1. The van der Waals surface area contributed by atoms with E-state index in [1.807, 2.05) is 0 Å². The van der Waals surface area contributed by atoms with Crippen molar-refractivity contribution in [2.45, 2.75) is 30.6 Å². The molecule has 0 radical (unpaired) electrons. The molecule has 1 aromatic carbocycles. The lowest BCUT2D eigenvalue weighted by molar-refractivity contribution is -0.110. The van der Waals surface area contributed by atoms with E-state index in [1.54, 1.807) is 6.08 Å². The fourth-order valence-electron chi connectivity index (χ4n) is 3.43. The summed E-state index contributed by atoms with van der Waals surface area (Å²) in [7, 11) is -3.87. The fourth-order valence-corrected chi connectivity index (χ4v) is 3.96. The average Bonchev–Trinajstić information content (AvgIpc) is 3.05. The minimum atomic E-state index is -3.87. The number of carbonyl (C=O) groups is 1. The summed E-state index contributed by atoms with van der Waals surface area (Å²) in [4.78, 5) is 15.4. The Bertz CT molecular complexity index is 1030. The number of aryl methyl sites for hydroxylation is 1. The summed E-state index contributed by atoms with van der Waals surface area (Å²) in [5, 5.41) is 18.3. The highest BCUT2D eigenvalue weighted by atomic mass is 32.2. The normalized spacial score (nSPS) is 18.1. The van der Waals surface area contributed by atoms with Crippen molar-refractivity contribution in [1.29, 1.82) is 0 Å². The number of amides is 1. The van der Waals surface area contributed by atoms with Crippen LogP contribution in [0.2, 0.25) is 0 Å². The molecule has 25 heavy (non-hydrogen) atoms. The predicted octanol–water partition coefficient (Wildman–Crippen LogP) is 1.74. The number of hydrogen-bond acceptors (Lipinski definition) is 4. The summed E-state index contributed by atoms with van der Waals surface area (Å²) in [6.45, 7) is 0. The molecule has 0 spiro atoms. The molecular weight excluding hydrogens is 342 g/mol. The number of sulfonamides is 1. The Labute approximate surface area is 144 Å². The van der Waals surface area contributed by atoms with E-state index in [1.165, 1.54) is 18.2 Å². The number of anilines is 1. The van der Waals surface area contributed by atoms with Gasteiger partial charge in [-0.25, -0.2) is 13.6 Å². The van der Waals surface area contributed by atoms with Crippen molar-refractivity contribution in [1.82, 2.24) is 4.98 Å². The Morgan fingerprint density at radius 2 is 1.96 bits per heavy atom. The summed E-state index contributed by atoms with van der Waals surface area (Å²) in [6.07, 6.45) is 5.31. The standard InChI is InChI=1S/C17H17N3O4S/c18-25(23,24)9-5-6-14-11(7-9)12(17(22)20-14)8-15-16(21)10-3-1-2-4-13(10)19-15/h5-8,19,21H,1-4H2,(H,20,22)(H2,18,23,24). The van der Waals surface area contributed by atoms with E-state index in [4.69, 9.17) is 5.14 Å². The quantitative estimate of drug-likeness (QED) is 0.609. The lowest BCUT2D eigenvalue weighted by Crippen LogP contribution is -2.12. The van der Waals surface area contributed by atoms with E-state index in [-0.39, 0.29) is 22.1 Å². The summed E-state index contributed by atoms with van der Waals surface area (Å²) in [5.41, 5.74) is 3.60. The molecular formula is C17H17N3O4S. The molecule has 0 fully saturated rings. The molecule has 0 bridgehead atoms. The predicted molar refractivity (Wildman–Crippen MR) is 93.4 cm³/mol. The first-order valence-electron chi connectivity index (χ1n) is 7.97. The smallest absolute Gasteiger partial charge is 0.256 e. The first-order chi connectivity index (χ1) is 11.8. The zero-order valence-corrected chi connectivity index (χ0v) is 14.1. The van der Waals surface area contributed by atoms with Crippen LogP contribution in [0.3, 0.4) is 0 Å². The zero-order chi connectivity index (χ0) is 17.8. The highest BCUT2D eigenvalue weighted by molar-refractivity contribution is 7.89. The fraction of sp³-hybridized carbons (Fsp3) is 0.235. The maximum absolute atomic E-state index is 12.3. The molecule has 2 aromatic rings. The number of aromatic nitrogens is 1. The molecule has 5 N–H and O–H groups in total. The summed E-state index contributed by atoms with van der Waals surface area (Å²) >= 11 is 0. The molecule has 4 rings (SSSR count). The lowest BCUT2D eigenvalue weighted by Gasteiger charge is -2.09. The van der Waals surface area contributed by atoms with Crippen LogP contribution in [0.4, 0.5) is 5.69 Å². The molecule has 1 amide bonds. The van der Waals surface area contributed by atoms with Crippen LogP contribution in [0.1, 0.15) is 35.4 Å². The molecule has 130 valence electrons. The Balaban J connectivity index is 1.84. The van der Waals surface area contributed by atoms with Gasteiger partial charge in [0, 0.05) is 22.5 Å². The Morgan fingerprint density at radius 1 is 1.20 bits per heavy atom. The van der Waals surface area contributed by atoms with Crippen LogP contribution < -0.4 is 10.5 Å². The Hall–Kier alpha value is -2.58. The first-order valence-corrected chi connectivity index (χ1v) is 9.52. The molecule has 0 saturated carbocycles. The van der Waals surface area contributed by atoms with Crippen molar-refractivity contribution in [2.24, 2.45) is 5.14 Å². The third-order valence-corrected chi connectivity index (χ3v) is 5.60. The number of primary sulfonamides is 1. The highest BCUT2D eigenvalue weighted by Gasteiger charge is 2.27. The van der Waals surface area contributed by atoms with Crippen LogP contribution in [0.5, 0.6) is 5.75 Å². The Kier molecular flexibility index (Phi) is 3.48. The SMILES string of the molecule is NS(=O)(=O)c1ccc2c(c1)C(=Cc1[nH]c3c(c1O)CCCC3)C(=O)N2. The first kappa shape index (κ1) is 15.9. The van der Waals surface area contributed by atoms with Crippen molar-refractivity contribution < 1.29 is 18.3 Å². The number of aromatic amines is 1. The molecule has 1 aliphatic heterocycles. The molecule has 1 aliphatic carbocycles. The largest absolute Gasteiger partial charge is 0.505 e. The van der Waals surface area contributed by atoms with E-state index in [0.717, 1.165) is 36.9 Å². The average molecular weight is 359 g/mol. The van der Waals surface area contributed by atoms with Gasteiger partial charge in [-0.3, -0.25) is 4.79 Å². The van der Waals surface area contributed by atoms with Crippen molar-refractivity contribution in [3.63, 3.8) is 0 Å². The van der Waals surface area contributed by atoms with Crippen LogP contribution in [0.15, 0.2) is 23.1 Å². The minimum absolute atomic E-state index is 0.0661. The highest BCUT2D eigenvalue weighted by Crippen LogP contribution is 2.38. The van der Waals surface area contributed by atoms with Crippen molar-refractivity contribution in [3.8, 4) is 5.75 Å². The number of carbonyl (C=O) groups excluding carboxylic acids is 1. The number of nitrogens with one attached hydrogen (secondary N) is 2. The minimum Gasteiger partial charge on any atom is -0.505 e. The molecule has 8 heteroatoms. The number of nitrogens with two attached hydrogens (primary N) is 1. The number of aromatic hydroxyl groups is 1. The summed E-state index contributed by atoms with van der Waals surface area (Å²) < 4.78 is 23.1. The number of hydrogen-bond donors (Lipinski definition) is 4. The Morgan fingerprint density at radius 3 is 2.68 bits per heavy atom.